The van der Waals surface area contributed by atoms with Crippen LogP contribution in [0.1, 0.15) is 13.3 Å². The van der Waals surface area contributed by atoms with Crippen LogP contribution < -0.4 is 0 Å². The molecule has 0 spiro atoms. The largest absolute Gasteiger partial charge is 0.474 e. The molecule has 8 heavy (non-hydrogen) atoms. The minimum Gasteiger partial charge on any atom is -0.474 e. The summed E-state index contributed by atoms with van der Waals surface area (Å²) in [6.07, 6.45) is 6.45. The molecule has 0 aliphatic carbocycles. The molecule has 0 fully saturated rings. The van der Waals surface area contributed by atoms with E-state index in [1.807, 2.05) is 6.08 Å². The standard InChI is InChI=1S/C6H9O.Y/c1-6-4-2-3-5-7-6;/h2,6H,4-5H2,1H3;/q-1;. The average Bonchev–Trinajstić information content (AvgIpc) is 1.69. The molecule has 0 aromatic heterocycles. The van der Waals surface area contributed by atoms with Gasteiger partial charge < -0.3 is 10.8 Å². The Labute approximate surface area is 75.4 Å². The van der Waals surface area contributed by atoms with Gasteiger partial charge >= 0.3 is 0 Å². The third-order valence-corrected chi connectivity index (χ3v) is 1.05. The topological polar surface area (TPSA) is 9.23 Å². The van der Waals surface area contributed by atoms with Gasteiger partial charge in [-0.3, -0.25) is 6.08 Å². The van der Waals surface area contributed by atoms with Crippen LogP contribution in [0, 0.1) is 6.08 Å². The second kappa shape index (κ2) is 4.66. The smallest absolute Gasteiger partial charge is 0.0521 e. The van der Waals surface area contributed by atoms with Crippen molar-refractivity contribution in [1.29, 1.82) is 0 Å². The summed E-state index contributed by atoms with van der Waals surface area (Å²) in [5, 5.41) is 0. The molecule has 1 unspecified atom stereocenters. The van der Waals surface area contributed by atoms with E-state index in [1.54, 1.807) is 0 Å². The predicted molar refractivity (Wildman–Crippen MR) is 27.8 cm³/mol. The van der Waals surface area contributed by atoms with Gasteiger partial charge in [-0.05, 0) is 13.3 Å². The molecule has 43 valence electrons. The van der Waals surface area contributed by atoms with Crippen LogP contribution in [0.2, 0.25) is 0 Å². The number of hydrogen-bond donors (Lipinski definition) is 0. The first-order valence-corrected chi connectivity index (χ1v) is 2.56. The Morgan fingerprint density at radius 1 is 1.75 bits per heavy atom. The quantitative estimate of drug-likeness (QED) is 0.515. The van der Waals surface area contributed by atoms with E-state index in [2.05, 4.69) is 13.0 Å². The molecule has 1 aliphatic heterocycles. The molecule has 0 saturated heterocycles. The maximum Gasteiger partial charge on any atom is 0.0521 e. The molecule has 0 bridgehead atoms. The van der Waals surface area contributed by atoms with Gasteiger partial charge in [-0.1, -0.05) is 6.61 Å². The second-order valence-electron chi connectivity index (χ2n) is 1.77. The molecule has 0 amide bonds. The van der Waals surface area contributed by atoms with Crippen LogP contribution in [0.5, 0.6) is 0 Å². The maximum atomic E-state index is 5.14. The summed E-state index contributed by atoms with van der Waals surface area (Å²) < 4.78 is 5.14. The molecule has 1 nitrogen and oxygen atoms in total. The van der Waals surface area contributed by atoms with Crippen molar-refractivity contribution in [2.45, 2.75) is 19.4 Å². The molecular weight excluding hydrogens is 177 g/mol. The summed E-state index contributed by atoms with van der Waals surface area (Å²) in [5.74, 6) is 0. The van der Waals surface area contributed by atoms with E-state index in [0.29, 0.717) is 12.7 Å². The van der Waals surface area contributed by atoms with Gasteiger partial charge in [0.2, 0.25) is 0 Å². The van der Waals surface area contributed by atoms with E-state index in [4.69, 9.17) is 4.74 Å². The SMILES string of the molecule is CC1CC=[C-]CO1.[Y]. The van der Waals surface area contributed by atoms with Crippen molar-refractivity contribution < 1.29 is 37.4 Å². The second-order valence-corrected chi connectivity index (χ2v) is 1.77. The Balaban J connectivity index is 0.000000490. The Kier molecular flexibility index (Phi) is 5.13. The summed E-state index contributed by atoms with van der Waals surface area (Å²) in [6, 6.07) is 0. The monoisotopic (exact) mass is 186 g/mol. The molecule has 1 rings (SSSR count). The van der Waals surface area contributed by atoms with Crippen molar-refractivity contribution in [3.63, 3.8) is 0 Å². The summed E-state index contributed by atoms with van der Waals surface area (Å²) >= 11 is 0. The molecule has 0 aromatic carbocycles. The third-order valence-electron chi connectivity index (χ3n) is 1.05. The molecule has 1 atom stereocenters. The van der Waals surface area contributed by atoms with Gasteiger partial charge in [0.05, 0.1) is 6.10 Å². The fraction of sp³-hybridized carbons (Fsp3) is 0.667. The first-order valence-electron chi connectivity index (χ1n) is 2.56. The Morgan fingerprint density at radius 3 is 2.75 bits per heavy atom. The van der Waals surface area contributed by atoms with E-state index in [9.17, 15) is 0 Å². The van der Waals surface area contributed by atoms with E-state index in [0.717, 1.165) is 6.42 Å². The maximum absolute atomic E-state index is 5.14. The first kappa shape index (κ1) is 8.80. The third kappa shape index (κ3) is 2.96. The zero-order valence-electron chi connectivity index (χ0n) is 5.05. The van der Waals surface area contributed by atoms with Gasteiger partial charge in [-0.15, -0.1) is 0 Å². The Hall–Kier alpha value is 0.804. The van der Waals surface area contributed by atoms with Crippen molar-refractivity contribution >= 4 is 0 Å². The molecule has 1 aliphatic rings. The van der Waals surface area contributed by atoms with Crippen molar-refractivity contribution in [3.8, 4) is 0 Å². The minimum absolute atomic E-state index is 0. The van der Waals surface area contributed by atoms with Crippen molar-refractivity contribution in [2.75, 3.05) is 6.61 Å². The molecular formula is C6H9OY-. The fourth-order valence-corrected chi connectivity index (χ4v) is 0.567. The van der Waals surface area contributed by atoms with Crippen LogP contribution in [0.25, 0.3) is 0 Å². The zero-order chi connectivity index (χ0) is 5.11. The van der Waals surface area contributed by atoms with Crippen molar-refractivity contribution in [1.82, 2.24) is 0 Å². The average molecular weight is 186 g/mol. The fourth-order valence-electron chi connectivity index (χ4n) is 0.567. The molecule has 0 saturated carbocycles. The van der Waals surface area contributed by atoms with Crippen molar-refractivity contribution in [3.05, 3.63) is 12.2 Å². The van der Waals surface area contributed by atoms with Gasteiger partial charge in [-0.25, -0.2) is 0 Å². The van der Waals surface area contributed by atoms with E-state index in [-0.39, 0.29) is 32.7 Å². The normalized spacial score (nSPS) is 26.9. The molecule has 0 aromatic rings. The van der Waals surface area contributed by atoms with Crippen LogP contribution in [0.3, 0.4) is 0 Å². The Bertz CT molecular complexity index is 80.6. The predicted octanol–water partition coefficient (Wildman–Crippen LogP) is 1.15. The van der Waals surface area contributed by atoms with E-state index < -0.39 is 0 Å². The summed E-state index contributed by atoms with van der Waals surface area (Å²) in [7, 11) is 0. The molecule has 1 radical (unpaired) electrons. The van der Waals surface area contributed by atoms with Gasteiger partial charge in [0.25, 0.3) is 0 Å². The van der Waals surface area contributed by atoms with Crippen molar-refractivity contribution in [2.24, 2.45) is 0 Å². The van der Waals surface area contributed by atoms with Gasteiger partial charge in [0, 0.05) is 32.7 Å². The number of ether oxygens (including phenoxy) is 1. The van der Waals surface area contributed by atoms with Gasteiger partial charge in [0.15, 0.2) is 0 Å². The summed E-state index contributed by atoms with van der Waals surface area (Å²) in [4.78, 5) is 0. The van der Waals surface area contributed by atoms with Gasteiger partial charge in [0.1, 0.15) is 0 Å². The molecule has 0 N–H and O–H groups in total. The summed E-state index contributed by atoms with van der Waals surface area (Å²) in [6.45, 7) is 2.75. The molecule has 1 heterocycles. The van der Waals surface area contributed by atoms with Crippen LogP contribution in [0.4, 0.5) is 0 Å². The zero-order valence-corrected chi connectivity index (χ0v) is 7.89. The first-order chi connectivity index (χ1) is 3.39. The van der Waals surface area contributed by atoms with Crippen LogP contribution in [-0.4, -0.2) is 12.7 Å². The summed E-state index contributed by atoms with van der Waals surface area (Å²) in [5.41, 5.74) is 0. The van der Waals surface area contributed by atoms with Crippen LogP contribution >= 0.6 is 0 Å². The molecule has 2 heteroatoms. The number of hydrogen-bond acceptors (Lipinski definition) is 1. The van der Waals surface area contributed by atoms with E-state index >= 15 is 0 Å². The van der Waals surface area contributed by atoms with Crippen LogP contribution in [-0.2, 0) is 37.4 Å². The van der Waals surface area contributed by atoms with Gasteiger partial charge in [-0.2, -0.15) is 0 Å². The van der Waals surface area contributed by atoms with E-state index in [1.165, 1.54) is 0 Å². The Morgan fingerprint density at radius 2 is 2.50 bits per heavy atom. The minimum atomic E-state index is 0. The van der Waals surface area contributed by atoms with Crippen LogP contribution in [0.15, 0.2) is 6.08 Å². The number of rotatable bonds is 0.